The van der Waals surface area contributed by atoms with Gasteiger partial charge in [-0.05, 0) is 18.9 Å². The maximum Gasteiger partial charge on any atom is 0.316 e. The van der Waals surface area contributed by atoms with Gasteiger partial charge in [-0.25, -0.2) is 4.98 Å². The fourth-order valence-electron chi connectivity index (χ4n) is 2.30. The molecule has 130 valence electrons. The van der Waals surface area contributed by atoms with Crippen molar-refractivity contribution in [3.63, 3.8) is 0 Å². The number of thiophene rings is 1. The van der Waals surface area contributed by atoms with Gasteiger partial charge in [0.05, 0.1) is 17.2 Å². The fraction of sp³-hybridized carbons (Fsp3) is 0.278. The highest BCUT2D eigenvalue weighted by Gasteiger charge is 2.14. The minimum Gasteiger partial charge on any atom is -0.462 e. The van der Waals surface area contributed by atoms with Crippen molar-refractivity contribution in [3.05, 3.63) is 46.1 Å². The molecule has 2 heterocycles. The van der Waals surface area contributed by atoms with Gasteiger partial charge in [-0.2, -0.15) is 0 Å². The Morgan fingerprint density at radius 2 is 2.12 bits per heavy atom. The van der Waals surface area contributed by atoms with Crippen molar-refractivity contribution in [2.45, 2.75) is 31.5 Å². The Balaban J connectivity index is 1.82. The second-order valence-electron chi connectivity index (χ2n) is 5.56. The molecular weight excluding hydrogens is 356 g/mol. The van der Waals surface area contributed by atoms with Gasteiger partial charge in [-0.1, -0.05) is 49.0 Å². The van der Waals surface area contributed by atoms with Gasteiger partial charge in [0.1, 0.15) is 4.83 Å². The average Bonchev–Trinajstić information content (AvgIpc) is 3.05. The smallest absolute Gasteiger partial charge is 0.316 e. The molecule has 1 atom stereocenters. The topological polar surface area (TPSA) is 72.0 Å². The monoisotopic (exact) mass is 374 g/mol. The predicted molar refractivity (Wildman–Crippen MR) is 102 cm³/mol. The van der Waals surface area contributed by atoms with Crippen LogP contribution in [-0.2, 0) is 9.53 Å². The van der Waals surface area contributed by atoms with E-state index in [2.05, 4.69) is 9.97 Å². The van der Waals surface area contributed by atoms with Gasteiger partial charge in [0.2, 0.25) is 0 Å². The van der Waals surface area contributed by atoms with Crippen LogP contribution in [0.25, 0.3) is 21.3 Å². The molecular formula is C18H18N2O3S2. The van der Waals surface area contributed by atoms with Crippen LogP contribution < -0.4 is 5.56 Å². The van der Waals surface area contributed by atoms with E-state index in [1.54, 1.807) is 0 Å². The number of carbonyl (C=O) groups is 1. The lowest BCUT2D eigenvalue weighted by molar-refractivity contribution is -0.144. The third kappa shape index (κ3) is 4.11. The first-order valence-corrected chi connectivity index (χ1v) is 9.84. The van der Waals surface area contributed by atoms with E-state index in [4.69, 9.17) is 4.74 Å². The van der Waals surface area contributed by atoms with E-state index in [0.29, 0.717) is 15.4 Å². The summed E-state index contributed by atoms with van der Waals surface area (Å²) in [6.07, 6.45) is 0.669. The molecule has 0 spiro atoms. The summed E-state index contributed by atoms with van der Waals surface area (Å²) < 4.78 is 5.22. The summed E-state index contributed by atoms with van der Waals surface area (Å²) in [6, 6.07) is 9.75. The standard InChI is InChI=1S/C18H18N2O3S2/c1-3-11(2)23-14(21)10-25-18-19-16(22)15-13(9-24-17(15)20-18)12-7-5-4-6-8-12/h4-9,11H,3,10H2,1-2H3,(H,19,20,22)/t11-/m1/s1. The molecule has 3 rings (SSSR count). The summed E-state index contributed by atoms with van der Waals surface area (Å²) in [7, 11) is 0. The number of fused-ring (bicyclic) bond motifs is 1. The van der Waals surface area contributed by atoms with Crippen molar-refractivity contribution >= 4 is 39.3 Å². The molecule has 0 unspecified atom stereocenters. The second-order valence-corrected chi connectivity index (χ2v) is 7.39. The molecule has 0 fully saturated rings. The molecule has 1 aromatic carbocycles. The molecule has 0 radical (unpaired) electrons. The van der Waals surface area contributed by atoms with Gasteiger partial charge < -0.3 is 9.72 Å². The van der Waals surface area contributed by atoms with Crippen molar-refractivity contribution in [1.82, 2.24) is 9.97 Å². The lowest BCUT2D eigenvalue weighted by Crippen LogP contribution is -2.16. The van der Waals surface area contributed by atoms with Crippen molar-refractivity contribution in [2.24, 2.45) is 0 Å². The predicted octanol–water partition coefficient (Wildman–Crippen LogP) is 4.09. The first-order valence-electron chi connectivity index (χ1n) is 7.97. The first-order chi connectivity index (χ1) is 12.1. The van der Waals surface area contributed by atoms with Gasteiger partial charge in [-0.3, -0.25) is 9.59 Å². The van der Waals surface area contributed by atoms with Crippen LogP contribution >= 0.6 is 23.1 Å². The Kier molecular flexibility index (Phi) is 5.55. The van der Waals surface area contributed by atoms with E-state index in [0.717, 1.165) is 17.5 Å². The number of thioether (sulfide) groups is 1. The Hall–Kier alpha value is -2.12. The number of benzene rings is 1. The molecule has 3 aromatic rings. The van der Waals surface area contributed by atoms with Gasteiger partial charge >= 0.3 is 5.97 Å². The molecule has 0 bridgehead atoms. The molecule has 0 aliphatic heterocycles. The normalized spacial score (nSPS) is 12.2. The number of aromatic nitrogens is 2. The molecule has 7 heteroatoms. The number of ether oxygens (including phenoxy) is 1. The Morgan fingerprint density at radius 3 is 2.84 bits per heavy atom. The van der Waals surface area contributed by atoms with Gasteiger partial charge in [-0.15, -0.1) is 11.3 Å². The third-order valence-corrected chi connectivity index (χ3v) is 5.46. The molecule has 1 N–H and O–H groups in total. The van der Waals surface area contributed by atoms with Crippen LogP contribution in [0.5, 0.6) is 0 Å². The van der Waals surface area contributed by atoms with Crippen LogP contribution in [0.2, 0.25) is 0 Å². The highest BCUT2D eigenvalue weighted by Crippen LogP contribution is 2.31. The molecule has 5 nitrogen and oxygen atoms in total. The zero-order valence-corrected chi connectivity index (χ0v) is 15.6. The minimum atomic E-state index is -0.307. The number of nitrogens with zero attached hydrogens (tertiary/aromatic N) is 1. The van der Waals surface area contributed by atoms with Crippen LogP contribution in [-0.4, -0.2) is 27.8 Å². The zero-order valence-electron chi connectivity index (χ0n) is 13.9. The summed E-state index contributed by atoms with van der Waals surface area (Å²) in [6.45, 7) is 3.81. The van der Waals surface area contributed by atoms with E-state index in [1.165, 1.54) is 23.1 Å². The first kappa shape index (κ1) is 17.7. The molecule has 25 heavy (non-hydrogen) atoms. The van der Waals surface area contributed by atoms with Crippen LogP contribution in [0.15, 0.2) is 45.7 Å². The summed E-state index contributed by atoms with van der Waals surface area (Å²) in [5, 5.41) is 2.95. The largest absolute Gasteiger partial charge is 0.462 e. The van der Waals surface area contributed by atoms with E-state index < -0.39 is 0 Å². The van der Waals surface area contributed by atoms with Crippen molar-refractivity contribution in [3.8, 4) is 11.1 Å². The maximum atomic E-state index is 12.5. The maximum absolute atomic E-state index is 12.5. The minimum absolute atomic E-state index is 0.103. The molecule has 0 saturated carbocycles. The zero-order chi connectivity index (χ0) is 17.8. The number of hydrogen-bond acceptors (Lipinski definition) is 6. The molecule has 0 saturated heterocycles. The Labute approximate surface area is 153 Å². The summed E-state index contributed by atoms with van der Waals surface area (Å²) in [5.41, 5.74) is 1.67. The molecule has 0 aliphatic rings. The SMILES string of the molecule is CC[C@@H](C)OC(=O)CSc1nc2scc(-c3ccccc3)c2c(=O)[nH]1. The highest BCUT2D eigenvalue weighted by molar-refractivity contribution is 7.99. The van der Waals surface area contributed by atoms with E-state index >= 15 is 0 Å². The average molecular weight is 374 g/mol. The second kappa shape index (κ2) is 7.84. The Morgan fingerprint density at radius 1 is 1.36 bits per heavy atom. The number of aromatic amines is 1. The molecule has 2 aromatic heterocycles. The number of rotatable bonds is 6. The quantitative estimate of drug-likeness (QED) is 0.400. The van der Waals surface area contributed by atoms with E-state index in [1.807, 2.05) is 49.6 Å². The summed E-state index contributed by atoms with van der Waals surface area (Å²) in [5.74, 6) is -0.186. The van der Waals surface area contributed by atoms with Crippen LogP contribution in [0.3, 0.4) is 0 Å². The van der Waals surface area contributed by atoms with Crippen LogP contribution in [0.4, 0.5) is 0 Å². The van der Waals surface area contributed by atoms with Crippen LogP contribution in [0.1, 0.15) is 20.3 Å². The summed E-state index contributed by atoms with van der Waals surface area (Å²) in [4.78, 5) is 32.2. The lowest BCUT2D eigenvalue weighted by atomic mass is 10.1. The number of nitrogens with one attached hydrogen (secondary N) is 1. The third-order valence-electron chi connectivity index (χ3n) is 3.74. The van der Waals surface area contributed by atoms with E-state index in [-0.39, 0.29) is 23.4 Å². The van der Waals surface area contributed by atoms with Crippen molar-refractivity contribution < 1.29 is 9.53 Å². The van der Waals surface area contributed by atoms with Crippen LogP contribution in [0, 0.1) is 0 Å². The number of hydrogen-bond donors (Lipinski definition) is 1. The molecule has 0 aliphatic carbocycles. The van der Waals surface area contributed by atoms with Gasteiger partial charge in [0, 0.05) is 10.9 Å². The number of carbonyl (C=O) groups excluding carboxylic acids is 1. The van der Waals surface area contributed by atoms with E-state index in [9.17, 15) is 9.59 Å². The molecule has 0 amide bonds. The van der Waals surface area contributed by atoms with Gasteiger partial charge in [0.25, 0.3) is 5.56 Å². The number of H-pyrrole nitrogens is 1. The van der Waals surface area contributed by atoms with Crippen molar-refractivity contribution in [1.29, 1.82) is 0 Å². The fourth-order valence-corrected chi connectivity index (χ4v) is 3.95. The lowest BCUT2D eigenvalue weighted by Gasteiger charge is -2.10. The van der Waals surface area contributed by atoms with Crippen molar-refractivity contribution in [2.75, 3.05) is 5.75 Å². The van der Waals surface area contributed by atoms with Gasteiger partial charge in [0.15, 0.2) is 5.16 Å². The summed E-state index contributed by atoms with van der Waals surface area (Å²) >= 11 is 2.61. The Bertz CT molecular complexity index is 934. The highest BCUT2D eigenvalue weighted by atomic mass is 32.2. The number of esters is 1.